The van der Waals surface area contributed by atoms with Gasteiger partial charge in [0.25, 0.3) is 0 Å². The van der Waals surface area contributed by atoms with Crippen molar-refractivity contribution in [1.29, 1.82) is 0 Å². The molecule has 1 aliphatic heterocycles. The number of alkyl halides is 1. The van der Waals surface area contributed by atoms with Gasteiger partial charge >= 0.3 is 11.9 Å². The second-order valence-electron chi connectivity index (χ2n) is 13.3. The molecule has 0 unspecified atom stereocenters. The molecule has 13 heteroatoms. The van der Waals surface area contributed by atoms with E-state index in [1.807, 2.05) is 0 Å². The summed E-state index contributed by atoms with van der Waals surface area (Å²) in [5.74, 6) is -0.606. The van der Waals surface area contributed by atoms with E-state index in [4.69, 9.17) is 14.2 Å². The SMILES string of the molecule is CNc1nc(NC(=O)CC2CCCCC2)nc2c1ncn2[C@@H]1O[C@H](COC(=O)C(C)C)[C@@H](OC(=O)CC2CCCCC2)[C@@]1(C)F. The average Bonchev–Trinajstić information content (AvgIpc) is 3.53. The first kappa shape index (κ1) is 33.0. The predicted octanol–water partition coefficient (Wildman–Crippen LogP) is 5.48. The average molecular weight is 631 g/mol. The molecule has 3 heterocycles. The lowest BCUT2D eigenvalue weighted by atomic mass is 9.87. The molecule has 0 bridgehead atoms. The molecule has 248 valence electrons. The minimum atomic E-state index is -2.25. The normalized spacial score (nSPS) is 26.2. The molecule has 45 heavy (non-hydrogen) atoms. The summed E-state index contributed by atoms with van der Waals surface area (Å²) in [6, 6.07) is 0. The largest absolute Gasteiger partial charge is 0.463 e. The maximum atomic E-state index is 16.9. The molecule has 0 aromatic carbocycles. The summed E-state index contributed by atoms with van der Waals surface area (Å²) in [5.41, 5.74) is -1.68. The van der Waals surface area contributed by atoms with Gasteiger partial charge < -0.3 is 19.5 Å². The van der Waals surface area contributed by atoms with Gasteiger partial charge in [-0.1, -0.05) is 52.4 Å². The number of hydrogen-bond acceptors (Lipinski definition) is 10. The van der Waals surface area contributed by atoms with Gasteiger partial charge in [-0.3, -0.25) is 24.3 Å². The highest BCUT2D eigenvalue weighted by molar-refractivity contribution is 5.91. The first-order valence-electron chi connectivity index (χ1n) is 16.5. The van der Waals surface area contributed by atoms with Crippen molar-refractivity contribution in [3.63, 3.8) is 0 Å². The summed E-state index contributed by atoms with van der Waals surface area (Å²) in [7, 11) is 1.67. The number of aromatic nitrogens is 4. The van der Waals surface area contributed by atoms with Crippen LogP contribution >= 0.6 is 0 Å². The summed E-state index contributed by atoms with van der Waals surface area (Å²) in [5, 5.41) is 5.78. The molecule has 2 saturated carbocycles. The van der Waals surface area contributed by atoms with Gasteiger partial charge in [0.15, 0.2) is 35.0 Å². The van der Waals surface area contributed by atoms with E-state index in [-0.39, 0.29) is 36.4 Å². The van der Waals surface area contributed by atoms with Crippen molar-refractivity contribution in [3.05, 3.63) is 6.33 Å². The Balaban J connectivity index is 1.40. The number of esters is 2. The van der Waals surface area contributed by atoms with Crippen LogP contribution in [-0.2, 0) is 28.6 Å². The Labute approximate surface area is 263 Å². The molecule has 2 aromatic rings. The minimum Gasteiger partial charge on any atom is -0.463 e. The fourth-order valence-corrected chi connectivity index (χ4v) is 6.82. The highest BCUT2D eigenvalue weighted by atomic mass is 19.1. The third kappa shape index (κ3) is 7.73. The molecule has 2 aliphatic carbocycles. The smallest absolute Gasteiger partial charge is 0.308 e. The maximum absolute atomic E-state index is 16.9. The molecular weight excluding hydrogens is 583 g/mol. The third-order valence-corrected chi connectivity index (χ3v) is 9.34. The van der Waals surface area contributed by atoms with E-state index >= 15 is 4.39 Å². The van der Waals surface area contributed by atoms with Gasteiger partial charge in [-0.25, -0.2) is 9.37 Å². The molecule has 0 radical (unpaired) electrons. The highest BCUT2D eigenvalue weighted by Crippen LogP contribution is 2.45. The number of amides is 1. The van der Waals surface area contributed by atoms with Crippen molar-refractivity contribution in [1.82, 2.24) is 19.5 Å². The molecule has 12 nitrogen and oxygen atoms in total. The summed E-state index contributed by atoms with van der Waals surface area (Å²) in [4.78, 5) is 51.7. The van der Waals surface area contributed by atoms with Crippen molar-refractivity contribution >= 4 is 40.8 Å². The van der Waals surface area contributed by atoms with Crippen LogP contribution in [0.1, 0.15) is 104 Å². The highest BCUT2D eigenvalue weighted by Gasteiger charge is 2.58. The first-order valence-corrected chi connectivity index (χ1v) is 16.5. The Morgan fingerprint density at radius 1 is 1.04 bits per heavy atom. The number of fused-ring (bicyclic) bond motifs is 1. The van der Waals surface area contributed by atoms with Gasteiger partial charge in [0, 0.05) is 19.9 Å². The standard InChI is InChI=1S/C32H47FN6O6/c1-19(2)29(42)43-17-22-26(45-24(41)16-21-13-9-6-10-14-21)32(3,33)30(44-22)39-18-35-25-27(34-4)37-31(38-28(25)39)36-23(40)15-20-11-7-5-8-12-20/h18-22,26,30H,5-17H2,1-4H3,(H2,34,36,37,38,40)/t22-,26-,30-,32-/m1/s1. The monoisotopic (exact) mass is 630 g/mol. The van der Waals surface area contributed by atoms with E-state index in [0.29, 0.717) is 23.7 Å². The zero-order valence-electron chi connectivity index (χ0n) is 26.9. The second-order valence-corrected chi connectivity index (χ2v) is 13.3. The molecule has 2 N–H and O–H groups in total. The third-order valence-electron chi connectivity index (χ3n) is 9.34. The second kappa shape index (κ2) is 14.4. The van der Waals surface area contributed by atoms with E-state index in [9.17, 15) is 14.4 Å². The lowest BCUT2D eigenvalue weighted by Gasteiger charge is -2.28. The lowest BCUT2D eigenvalue weighted by Crippen LogP contribution is -2.44. The van der Waals surface area contributed by atoms with Crippen LogP contribution < -0.4 is 10.6 Å². The van der Waals surface area contributed by atoms with Crippen LogP contribution in [0, 0.1) is 17.8 Å². The molecule has 0 spiro atoms. The van der Waals surface area contributed by atoms with Gasteiger partial charge in [-0.2, -0.15) is 9.97 Å². The van der Waals surface area contributed by atoms with Crippen molar-refractivity contribution in [3.8, 4) is 0 Å². The van der Waals surface area contributed by atoms with E-state index in [1.165, 1.54) is 24.2 Å². The van der Waals surface area contributed by atoms with Gasteiger partial charge in [0.05, 0.1) is 12.2 Å². The van der Waals surface area contributed by atoms with E-state index in [0.717, 1.165) is 57.8 Å². The maximum Gasteiger partial charge on any atom is 0.308 e. The fraction of sp³-hybridized carbons (Fsp3) is 0.750. The summed E-state index contributed by atoms with van der Waals surface area (Å²) in [6.45, 7) is 4.41. The number of hydrogen-bond donors (Lipinski definition) is 2. The summed E-state index contributed by atoms with van der Waals surface area (Å²) >= 11 is 0. The molecule has 3 fully saturated rings. The van der Waals surface area contributed by atoms with Gasteiger partial charge in [0.1, 0.15) is 12.7 Å². The van der Waals surface area contributed by atoms with Gasteiger partial charge in [0.2, 0.25) is 11.9 Å². The van der Waals surface area contributed by atoms with Crippen LogP contribution in [0.15, 0.2) is 6.33 Å². The Bertz CT molecular complexity index is 1350. The van der Waals surface area contributed by atoms with Crippen LogP contribution in [0.3, 0.4) is 0 Å². The molecule has 1 amide bonds. The Morgan fingerprint density at radius 3 is 2.31 bits per heavy atom. The van der Waals surface area contributed by atoms with Crippen LogP contribution in [0.2, 0.25) is 0 Å². The Hall–Kier alpha value is -3.35. The fourth-order valence-electron chi connectivity index (χ4n) is 6.82. The number of ether oxygens (including phenoxy) is 3. The zero-order valence-corrected chi connectivity index (χ0v) is 26.9. The number of imidazole rings is 1. The van der Waals surface area contributed by atoms with Crippen molar-refractivity contribution in [2.24, 2.45) is 17.8 Å². The number of rotatable bonds is 11. The Kier molecular flexibility index (Phi) is 10.6. The molecule has 1 saturated heterocycles. The van der Waals surface area contributed by atoms with Gasteiger partial charge in [-0.15, -0.1) is 0 Å². The molecular formula is C32H47FN6O6. The summed E-state index contributed by atoms with van der Waals surface area (Å²) < 4.78 is 35.8. The van der Waals surface area contributed by atoms with Crippen LogP contribution in [-0.4, -0.2) is 68.9 Å². The van der Waals surface area contributed by atoms with Crippen LogP contribution in [0.5, 0.6) is 0 Å². The number of carbonyl (C=O) groups excluding carboxylic acids is 3. The van der Waals surface area contributed by atoms with E-state index in [1.54, 1.807) is 20.9 Å². The number of nitrogens with one attached hydrogen (secondary N) is 2. The number of carbonyl (C=O) groups is 3. The van der Waals surface area contributed by atoms with Crippen molar-refractivity contribution in [2.75, 3.05) is 24.3 Å². The zero-order chi connectivity index (χ0) is 32.1. The van der Waals surface area contributed by atoms with E-state index in [2.05, 4.69) is 25.6 Å². The quantitative estimate of drug-likeness (QED) is 0.306. The topological polar surface area (TPSA) is 147 Å². The number of nitrogens with zero attached hydrogens (tertiary/aromatic N) is 4. The van der Waals surface area contributed by atoms with Crippen LogP contribution in [0.4, 0.5) is 16.2 Å². The number of halogens is 1. The molecule has 4 atom stereocenters. The van der Waals surface area contributed by atoms with Gasteiger partial charge in [-0.05, 0) is 44.4 Å². The Morgan fingerprint density at radius 2 is 1.69 bits per heavy atom. The first-order chi connectivity index (χ1) is 21.6. The van der Waals surface area contributed by atoms with Crippen molar-refractivity contribution < 1.29 is 33.0 Å². The molecule has 3 aliphatic rings. The molecule has 5 rings (SSSR count). The van der Waals surface area contributed by atoms with Crippen molar-refractivity contribution in [2.45, 2.75) is 122 Å². The van der Waals surface area contributed by atoms with Crippen LogP contribution in [0.25, 0.3) is 11.2 Å². The minimum absolute atomic E-state index is 0.0610. The number of anilines is 2. The lowest BCUT2D eigenvalue weighted by molar-refractivity contribution is -0.163. The predicted molar refractivity (Wildman–Crippen MR) is 165 cm³/mol. The summed E-state index contributed by atoms with van der Waals surface area (Å²) in [6.07, 6.45) is 8.88. The molecule has 2 aromatic heterocycles. The van der Waals surface area contributed by atoms with E-state index < -0.39 is 42.0 Å².